The average Bonchev–Trinajstić information content (AvgIpc) is 2.68. The van der Waals surface area contributed by atoms with Crippen LogP contribution in [0.25, 0.3) is 0 Å². The highest BCUT2D eigenvalue weighted by molar-refractivity contribution is 5.60. The quantitative estimate of drug-likeness (QED) is 0.679. The number of rotatable bonds is 3. The first-order valence-electron chi connectivity index (χ1n) is 5.72. The van der Waals surface area contributed by atoms with E-state index < -0.39 is 11.2 Å². The summed E-state index contributed by atoms with van der Waals surface area (Å²) in [5.74, 6) is 0.107. The molecule has 0 amide bonds. The molecule has 2 rings (SSSR count). The Morgan fingerprint density at radius 3 is 2.68 bits per heavy atom. The molecule has 0 fully saturated rings. The molecule has 0 bridgehead atoms. The van der Waals surface area contributed by atoms with Gasteiger partial charge in [-0.2, -0.15) is 5.10 Å². The summed E-state index contributed by atoms with van der Waals surface area (Å²) < 4.78 is 2.92. The minimum atomic E-state index is -0.536. The molecule has 0 saturated carbocycles. The van der Waals surface area contributed by atoms with Crippen molar-refractivity contribution in [2.45, 2.75) is 13.5 Å². The zero-order valence-electron chi connectivity index (χ0n) is 11.0. The predicted octanol–water partition coefficient (Wildman–Crippen LogP) is -0.690. The fourth-order valence-electron chi connectivity index (χ4n) is 1.71. The van der Waals surface area contributed by atoms with Crippen molar-refractivity contribution in [3.8, 4) is 0 Å². The summed E-state index contributed by atoms with van der Waals surface area (Å²) in [4.78, 5) is 25.2. The number of aromatic amines is 1. The van der Waals surface area contributed by atoms with Gasteiger partial charge in [0.15, 0.2) is 0 Å². The molecule has 0 unspecified atom stereocenters. The molecule has 0 aliphatic rings. The summed E-state index contributed by atoms with van der Waals surface area (Å²) in [7, 11) is 3.33. The summed E-state index contributed by atoms with van der Waals surface area (Å²) in [6, 6.07) is 0. The summed E-state index contributed by atoms with van der Waals surface area (Å²) >= 11 is 0. The molecule has 4 N–H and O–H groups in total. The summed E-state index contributed by atoms with van der Waals surface area (Å²) in [6.45, 7) is 2.34. The van der Waals surface area contributed by atoms with E-state index in [1.54, 1.807) is 10.9 Å². The zero-order valence-corrected chi connectivity index (χ0v) is 11.0. The van der Waals surface area contributed by atoms with E-state index in [0.717, 1.165) is 11.3 Å². The van der Waals surface area contributed by atoms with Gasteiger partial charge in [0.25, 0.3) is 5.56 Å². The van der Waals surface area contributed by atoms with Crippen LogP contribution in [0.1, 0.15) is 11.3 Å². The molecule has 0 aliphatic carbocycles. The number of anilines is 2. The molecular weight excluding hydrogens is 248 g/mol. The van der Waals surface area contributed by atoms with Gasteiger partial charge in [-0.25, -0.2) is 4.79 Å². The molecular formula is C11H16N6O2. The average molecular weight is 264 g/mol. The van der Waals surface area contributed by atoms with E-state index in [4.69, 9.17) is 5.73 Å². The Labute approximate surface area is 108 Å². The highest BCUT2D eigenvalue weighted by Crippen LogP contribution is 2.12. The van der Waals surface area contributed by atoms with Gasteiger partial charge in [0, 0.05) is 31.9 Å². The number of hydrogen-bond donors (Lipinski definition) is 3. The molecule has 2 aromatic rings. The van der Waals surface area contributed by atoms with Gasteiger partial charge in [-0.15, -0.1) is 0 Å². The second-order valence-electron chi connectivity index (χ2n) is 4.31. The largest absolute Gasteiger partial charge is 0.383 e. The van der Waals surface area contributed by atoms with Gasteiger partial charge in [0.2, 0.25) is 0 Å². The van der Waals surface area contributed by atoms with Crippen LogP contribution in [-0.4, -0.2) is 19.3 Å². The Morgan fingerprint density at radius 1 is 1.42 bits per heavy atom. The second-order valence-corrected chi connectivity index (χ2v) is 4.31. The van der Waals surface area contributed by atoms with Gasteiger partial charge in [0.1, 0.15) is 11.5 Å². The lowest BCUT2D eigenvalue weighted by Gasteiger charge is -2.10. The lowest BCUT2D eigenvalue weighted by Crippen LogP contribution is -2.32. The van der Waals surface area contributed by atoms with Crippen LogP contribution in [0, 0.1) is 6.92 Å². The van der Waals surface area contributed by atoms with Crippen molar-refractivity contribution in [3.05, 3.63) is 38.3 Å². The van der Waals surface area contributed by atoms with Crippen molar-refractivity contribution in [1.82, 2.24) is 19.3 Å². The Kier molecular flexibility index (Phi) is 3.16. The normalized spacial score (nSPS) is 10.7. The third kappa shape index (κ3) is 2.24. The maximum atomic E-state index is 11.7. The van der Waals surface area contributed by atoms with Crippen molar-refractivity contribution in [1.29, 1.82) is 0 Å². The lowest BCUT2D eigenvalue weighted by molar-refractivity contribution is 0.738. The molecule has 2 heterocycles. The highest BCUT2D eigenvalue weighted by atomic mass is 16.2. The van der Waals surface area contributed by atoms with Crippen LogP contribution in [0.3, 0.4) is 0 Å². The Morgan fingerprint density at radius 2 is 2.11 bits per heavy atom. The minimum Gasteiger partial charge on any atom is -0.383 e. The van der Waals surface area contributed by atoms with Crippen LogP contribution in [0.4, 0.5) is 11.5 Å². The number of H-pyrrole nitrogens is 1. The predicted molar refractivity (Wildman–Crippen MR) is 72.0 cm³/mol. The van der Waals surface area contributed by atoms with Crippen molar-refractivity contribution in [2.24, 2.45) is 14.1 Å². The van der Waals surface area contributed by atoms with Gasteiger partial charge >= 0.3 is 5.69 Å². The van der Waals surface area contributed by atoms with Gasteiger partial charge in [-0.3, -0.25) is 19.0 Å². The van der Waals surface area contributed by atoms with E-state index in [1.807, 2.05) is 14.0 Å². The molecule has 19 heavy (non-hydrogen) atoms. The standard InChI is InChI=1S/C11H16N6O2/c1-6-7(5-14-17(6)3)4-13-8-9(12)16(2)11(19)15-10(8)18/h5,13H,4,12H2,1-3H3,(H,15,18,19). The van der Waals surface area contributed by atoms with Crippen molar-refractivity contribution in [2.75, 3.05) is 11.1 Å². The molecule has 0 aliphatic heterocycles. The topological polar surface area (TPSA) is 111 Å². The lowest BCUT2D eigenvalue weighted by atomic mass is 10.2. The van der Waals surface area contributed by atoms with E-state index in [2.05, 4.69) is 15.4 Å². The van der Waals surface area contributed by atoms with Gasteiger partial charge < -0.3 is 11.1 Å². The fourth-order valence-corrected chi connectivity index (χ4v) is 1.71. The number of aromatic nitrogens is 4. The molecule has 8 heteroatoms. The van der Waals surface area contributed by atoms with Crippen LogP contribution in [-0.2, 0) is 20.6 Å². The third-order valence-corrected chi connectivity index (χ3v) is 3.16. The molecule has 0 atom stereocenters. The zero-order chi connectivity index (χ0) is 14.2. The molecule has 0 aromatic carbocycles. The number of hydrogen-bond acceptors (Lipinski definition) is 5. The van der Waals surface area contributed by atoms with Crippen molar-refractivity contribution < 1.29 is 0 Å². The van der Waals surface area contributed by atoms with E-state index in [1.165, 1.54) is 11.6 Å². The first-order chi connectivity index (χ1) is 8.91. The Balaban J connectivity index is 2.30. The number of nitrogens with one attached hydrogen (secondary N) is 2. The highest BCUT2D eigenvalue weighted by Gasteiger charge is 2.10. The minimum absolute atomic E-state index is 0.107. The number of nitrogens with zero attached hydrogens (tertiary/aromatic N) is 3. The Bertz CT molecular complexity index is 724. The smallest absolute Gasteiger partial charge is 0.329 e. The maximum absolute atomic E-state index is 11.7. The molecule has 0 spiro atoms. The summed E-state index contributed by atoms with van der Waals surface area (Å²) in [5, 5.41) is 7.05. The van der Waals surface area contributed by atoms with E-state index in [-0.39, 0.29) is 11.5 Å². The fraction of sp³-hybridized carbons (Fsp3) is 0.364. The van der Waals surface area contributed by atoms with Crippen LogP contribution in [0.2, 0.25) is 0 Å². The number of nitrogens with two attached hydrogens (primary N) is 1. The number of nitrogen functional groups attached to an aromatic ring is 1. The Hall–Kier alpha value is -2.51. The third-order valence-electron chi connectivity index (χ3n) is 3.16. The van der Waals surface area contributed by atoms with Crippen LogP contribution >= 0.6 is 0 Å². The summed E-state index contributed by atoms with van der Waals surface area (Å²) in [5.41, 5.74) is 6.82. The first kappa shape index (κ1) is 12.9. The van der Waals surface area contributed by atoms with Crippen molar-refractivity contribution in [3.63, 3.8) is 0 Å². The molecule has 102 valence electrons. The van der Waals surface area contributed by atoms with Crippen molar-refractivity contribution >= 4 is 11.5 Å². The molecule has 0 radical (unpaired) electrons. The van der Waals surface area contributed by atoms with E-state index in [0.29, 0.717) is 6.54 Å². The number of aryl methyl sites for hydroxylation is 1. The van der Waals surface area contributed by atoms with Gasteiger partial charge in [0.05, 0.1) is 6.20 Å². The van der Waals surface area contributed by atoms with E-state index >= 15 is 0 Å². The van der Waals surface area contributed by atoms with Crippen LogP contribution in [0.15, 0.2) is 15.8 Å². The van der Waals surface area contributed by atoms with Gasteiger partial charge in [-0.1, -0.05) is 0 Å². The first-order valence-corrected chi connectivity index (χ1v) is 5.72. The summed E-state index contributed by atoms with van der Waals surface area (Å²) in [6.07, 6.45) is 1.72. The van der Waals surface area contributed by atoms with E-state index in [9.17, 15) is 9.59 Å². The van der Waals surface area contributed by atoms with Gasteiger partial charge in [-0.05, 0) is 6.92 Å². The van der Waals surface area contributed by atoms with Crippen LogP contribution < -0.4 is 22.3 Å². The SMILES string of the molecule is Cc1c(CNc2c(N)n(C)c(=O)[nH]c2=O)cnn1C. The molecule has 2 aromatic heterocycles. The second kappa shape index (κ2) is 4.63. The molecule has 0 saturated heterocycles. The monoisotopic (exact) mass is 264 g/mol. The molecule has 8 nitrogen and oxygen atoms in total. The van der Waals surface area contributed by atoms with Crippen LogP contribution in [0.5, 0.6) is 0 Å². The maximum Gasteiger partial charge on any atom is 0.329 e.